The Morgan fingerprint density at radius 1 is 1.65 bits per heavy atom. The maximum Gasteiger partial charge on any atom is 0.325 e. The second-order valence-electron chi connectivity index (χ2n) is 3.15. The fraction of sp³-hybridized carbons (Fsp3) is 0.364. The van der Waals surface area contributed by atoms with E-state index in [9.17, 15) is 9.59 Å². The van der Waals surface area contributed by atoms with E-state index in [0.717, 1.165) is 0 Å². The van der Waals surface area contributed by atoms with Gasteiger partial charge in [-0.1, -0.05) is 6.08 Å². The van der Waals surface area contributed by atoms with Crippen LogP contribution in [0.25, 0.3) is 0 Å². The molecule has 0 radical (unpaired) electrons. The lowest BCUT2D eigenvalue weighted by Gasteiger charge is -2.18. The lowest BCUT2D eigenvalue weighted by Crippen LogP contribution is -2.36. The monoisotopic (exact) mass is 254 g/mol. The van der Waals surface area contributed by atoms with Gasteiger partial charge in [0.1, 0.15) is 12.2 Å². The number of hydrogen-bond donors (Lipinski definition) is 0. The predicted molar refractivity (Wildman–Crippen MR) is 64.8 cm³/mol. The minimum absolute atomic E-state index is 0.0871. The van der Waals surface area contributed by atoms with E-state index in [2.05, 4.69) is 11.6 Å². The molecule has 0 atom stereocenters. The molecule has 0 N–H and O–H groups in total. The molecule has 0 unspecified atom stereocenters. The fourth-order valence-electron chi connectivity index (χ4n) is 1.22. The van der Waals surface area contributed by atoms with Gasteiger partial charge in [0.05, 0.1) is 12.1 Å². The van der Waals surface area contributed by atoms with Crippen molar-refractivity contribution in [3.63, 3.8) is 0 Å². The zero-order valence-corrected chi connectivity index (χ0v) is 10.4. The van der Waals surface area contributed by atoms with Crippen LogP contribution in [0.1, 0.15) is 17.4 Å². The van der Waals surface area contributed by atoms with Gasteiger partial charge in [-0.25, -0.2) is 4.98 Å². The minimum Gasteiger partial charge on any atom is -0.465 e. The molecular formula is C11H14N2O3S. The first-order valence-corrected chi connectivity index (χ1v) is 6.07. The number of esters is 1. The van der Waals surface area contributed by atoms with Crippen LogP contribution in [-0.2, 0) is 9.53 Å². The third-order valence-corrected chi connectivity index (χ3v) is 2.50. The van der Waals surface area contributed by atoms with Crippen molar-refractivity contribution in [2.45, 2.75) is 6.92 Å². The van der Waals surface area contributed by atoms with Crippen molar-refractivity contribution in [1.82, 2.24) is 9.88 Å². The lowest BCUT2D eigenvalue weighted by molar-refractivity contribution is -0.143. The normalized spacial score (nSPS) is 9.71. The van der Waals surface area contributed by atoms with E-state index >= 15 is 0 Å². The van der Waals surface area contributed by atoms with Crippen LogP contribution in [0.4, 0.5) is 0 Å². The highest BCUT2D eigenvalue weighted by molar-refractivity contribution is 7.07. The Hall–Kier alpha value is -1.69. The molecule has 0 aliphatic heterocycles. The molecule has 0 saturated carbocycles. The van der Waals surface area contributed by atoms with Gasteiger partial charge < -0.3 is 9.64 Å². The summed E-state index contributed by atoms with van der Waals surface area (Å²) in [5.41, 5.74) is 1.91. The molecule has 0 saturated heterocycles. The summed E-state index contributed by atoms with van der Waals surface area (Å²) in [5.74, 6) is -0.725. The lowest BCUT2D eigenvalue weighted by atomic mass is 10.3. The van der Waals surface area contributed by atoms with Crippen LogP contribution in [-0.4, -0.2) is 41.5 Å². The second-order valence-corrected chi connectivity index (χ2v) is 3.87. The number of aromatic nitrogens is 1. The zero-order valence-electron chi connectivity index (χ0n) is 9.59. The molecule has 92 valence electrons. The number of amides is 1. The molecule has 0 aromatic carbocycles. The molecule has 1 heterocycles. The highest BCUT2D eigenvalue weighted by atomic mass is 32.1. The van der Waals surface area contributed by atoms with Crippen LogP contribution in [0.2, 0.25) is 0 Å². The van der Waals surface area contributed by atoms with Gasteiger partial charge in [-0.15, -0.1) is 17.9 Å². The standard InChI is InChI=1S/C11H14N2O3S/c1-3-5-13(6-10(14)16-4-2)11(15)9-7-17-8-12-9/h3,7-8H,1,4-6H2,2H3. The Morgan fingerprint density at radius 2 is 2.41 bits per heavy atom. The molecule has 0 bridgehead atoms. The summed E-state index contributed by atoms with van der Waals surface area (Å²) >= 11 is 1.33. The van der Waals surface area contributed by atoms with Gasteiger partial charge in [-0.05, 0) is 6.92 Å². The summed E-state index contributed by atoms with van der Waals surface area (Å²) in [6, 6.07) is 0. The van der Waals surface area contributed by atoms with Crippen molar-refractivity contribution in [2.75, 3.05) is 19.7 Å². The summed E-state index contributed by atoms with van der Waals surface area (Å²) < 4.78 is 4.80. The molecule has 1 aromatic rings. The van der Waals surface area contributed by atoms with E-state index in [4.69, 9.17) is 4.74 Å². The van der Waals surface area contributed by atoms with E-state index < -0.39 is 5.97 Å². The average molecular weight is 254 g/mol. The number of thiazole rings is 1. The number of nitrogens with zero attached hydrogens (tertiary/aromatic N) is 2. The van der Waals surface area contributed by atoms with Crippen molar-refractivity contribution in [3.8, 4) is 0 Å². The first-order valence-electron chi connectivity index (χ1n) is 5.13. The Bertz CT molecular complexity index is 389. The number of rotatable bonds is 6. The largest absolute Gasteiger partial charge is 0.465 e. The van der Waals surface area contributed by atoms with Gasteiger partial charge in [0.15, 0.2) is 0 Å². The van der Waals surface area contributed by atoms with Gasteiger partial charge in [0.25, 0.3) is 5.91 Å². The van der Waals surface area contributed by atoms with Crippen molar-refractivity contribution in [3.05, 3.63) is 29.2 Å². The summed E-state index contributed by atoms with van der Waals surface area (Å²) in [4.78, 5) is 28.5. The predicted octanol–water partition coefficient (Wildman–Crippen LogP) is 1.33. The van der Waals surface area contributed by atoms with Gasteiger partial charge in [0, 0.05) is 11.9 Å². The van der Waals surface area contributed by atoms with Crippen molar-refractivity contribution >= 4 is 23.2 Å². The maximum absolute atomic E-state index is 12.0. The number of carbonyl (C=O) groups is 2. The average Bonchev–Trinajstić information content (AvgIpc) is 2.81. The summed E-state index contributed by atoms with van der Waals surface area (Å²) in [6.45, 7) is 5.77. The maximum atomic E-state index is 12.0. The minimum atomic E-state index is -0.432. The van der Waals surface area contributed by atoms with Crippen LogP contribution in [0.5, 0.6) is 0 Å². The van der Waals surface area contributed by atoms with Crippen LogP contribution < -0.4 is 0 Å². The highest BCUT2D eigenvalue weighted by Crippen LogP contribution is 2.06. The van der Waals surface area contributed by atoms with Crippen molar-refractivity contribution in [1.29, 1.82) is 0 Å². The molecule has 1 amide bonds. The van der Waals surface area contributed by atoms with Crippen molar-refractivity contribution < 1.29 is 14.3 Å². The number of carbonyl (C=O) groups excluding carboxylic acids is 2. The molecule has 5 nitrogen and oxygen atoms in total. The molecule has 0 aliphatic carbocycles. The van der Waals surface area contributed by atoms with E-state index in [1.54, 1.807) is 23.9 Å². The van der Waals surface area contributed by atoms with Gasteiger partial charge >= 0.3 is 5.97 Å². The quantitative estimate of drug-likeness (QED) is 0.567. The molecular weight excluding hydrogens is 240 g/mol. The molecule has 1 rings (SSSR count). The Balaban J connectivity index is 2.68. The smallest absolute Gasteiger partial charge is 0.325 e. The summed E-state index contributed by atoms with van der Waals surface area (Å²) in [7, 11) is 0. The van der Waals surface area contributed by atoms with Gasteiger partial charge in [-0.2, -0.15) is 0 Å². The van der Waals surface area contributed by atoms with E-state index in [1.807, 2.05) is 0 Å². The van der Waals surface area contributed by atoms with Crippen molar-refractivity contribution in [2.24, 2.45) is 0 Å². The van der Waals surface area contributed by atoms with E-state index in [-0.39, 0.29) is 19.0 Å². The third kappa shape index (κ3) is 3.99. The van der Waals surface area contributed by atoms with E-state index in [1.165, 1.54) is 16.2 Å². The Labute approximate surface area is 104 Å². The molecule has 17 heavy (non-hydrogen) atoms. The van der Waals surface area contributed by atoms with Crippen LogP contribution in [0.3, 0.4) is 0 Å². The number of hydrogen-bond acceptors (Lipinski definition) is 5. The van der Waals surface area contributed by atoms with Crippen LogP contribution in [0, 0.1) is 0 Å². The molecule has 0 fully saturated rings. The zero-order chi connectivity index (χ0) is 12.7. The Morgan fingerprint density at radius 3 is 2.94 bits per heavy atom. The van der Waals surface area contributed by atoms with E-state index in [0.29, 0.717) is 12.3 Å². The van der Waals surface area contributed by atoms with Crippen LogP contribution in [0.15, 0.2) is 23.5 Å². The van der Waals surface area contributed by atoms with Crippen LogP contribution >= 0.6 is 11.3 Å². The molecule has 6 heteroatoms. The third-order valence-electron chi connectivity index (χ3n) is 1.91. The Kier molecular flexibility index (Phi) is 5.35. The molecule has 0 spiro atoms. The van der Waals surface area contributed by atoms with Gasteiger partial charge in [-0.3, -0.25) is 9.59 Å². The fourth-order valence-corrected chi connectivity index (χ4v) is 1.74. The first-order chi connectivity index (χ1) is 8.19. The molecule has 0 aliphatic rings. The summed E-state index contributed by atoms with van der Waals surface area (Å²) in [6.07, 6.45) is 1.56. The summed E-state index contributed by atoms with van der Waals surface area (Å²) in [5, 5.41) is 1.64. The topological polar surface area (TPSA) is 59.5 Å². The highest BCUT2D eigenvalue weighted by Gasteiger charge is 2.19. The first kappa shape index (κ1) is 13.4. The molecule has 1 aromatic heterocycles. The number of ether oxygens (including phenoxy) is 1. The van der Waals surface area contributed by atoms with Gasteiger partial charge in [0.2, 0.25) is 0 Å². The second kappa shape index (κ2) is 6.80. The SMILES string of the molecule is C=CCN(CC(=O)OCC)C(=O)c1cscn1.